The van der Waals surface area contributed by atoms with Crippen molar-refractivity contribution in [2.45, 2.75) is 70.4 Å². The SMILES string of the molecule is CNC1C(S(=O)(=O)C(C)C(C)C)CCCC1(C)C. The van der Waals surface area contributed by atoms with Crippen molar-refractivity contribution in [1.82, 2.24) is 5.32 Å². The Kier molecular flexibility index (Phi) is 4.87. The van der Waals surface area contributed by atoms with Crippen LogP contribution in [0.25, 0.3) is 0 Å². The van der Waals surface area contributed by atoms with Crippen molar-refractivity contribution >= 4 is 9.84 Å². The van der Waals surface area contributed by atoms with Crippen molar-refractivity contribution in [2.24, 2.45) is 11.3 Å². The van der Waals surface area contributed by atoms with Crippen molar-refractivity contribution in [1.29, 1.82) is 0 Å². The van der Waals surface area contributed by atoms with Gasteiger partial charge in [0.1, 0.15) is 0 Å². The fourth-order valence-electron chi connectivity index (χ4n) is 3.17. The van der Waals surface area contributed by atoms with E-state index < -0.39 is 9.84 Å². The maximum Gasteiger partial charge on any atom is 0.157 e. The highest BCUT2D eigenvalue weighted by molar-refractivity contribution is 7.92. The van der Waals surface area contributed by atoms with E-state index in [0.29, 0.717) is 0 Å². The Morgan fingerprint density at radius 1 is 1.22 bits per heavy atom. The summed E-state index contributed by atoms with van der Waals surface area (Å²) < 4.78 is 25.5. The van der Waals surface area contributed by atoms with E-state index in [2.05, 4.69) is 19.2 Å². The zero-order chi connectivity index (χ0) is 14.1. The van der Waals surface area contributed by atoms with Crippen LogP contribution in [-0.4, -0.2) is 32.0 Å². The van der Waals surface area contributed by atoms with Gasteiger partial charge < -0.3 is 5.32 Å². The molecule has 18 heavy (non-hydrogen) atoms. The van der Waals surface area contributed by atoms with Crippen molar-refractivity contribution in [3.8, 4) is 0 Å². The molecule has 3 atom stereocenters. The molecule has 1 fully saturated rings. The number of rotatable bonds is 4. The Morgan fingerprint density at radius 2 is 1.78 bits per heavy atom. The summed E-state index contributed by atoms with van der Waals surface area (Å²) in [7, 11) is -1.17. The lowest BCUT2D eigenvalue weighted by molar-refractivity contribution is 0.177. The van der Waals surface area contributed by atoms with Gasteiger partial charge in [-0.2, -0.15) is 0 Å². The molecule has 0 spiro atoms. The van der Waals surface area contributed by atoms with Crippen LogP contribution in [0.1, 0.15) is 53.9 Å². The summed E-state index contributed by atoms with van der Waals surface area (Å²) in [4.78, 5) is 0. The average Bonchev–Trinajstić information content (AvgIpc) is 2.26. The first-order valence-electron chi connectivity index (χ1n) is 7.04. The maximum absolute atomic E-state index is 12.7. The van der Waals surface area contributed by atoms with Gasteiger partial charge >= 0.3 is 0 Å². The molecule has 0 aliphatic heterocycles. The van der Waals surface area contributed by atoms with Gasteiger partial charge in [-0.25, -0.2) is 8.42 Å². The second kappa shape index (κ2) is 5.49. The van der Waals surface area contributed by atoms with Crippen LogP contribution in [0.15, 0.2) is 0 Å². The lowest BCUT2D eigenvalue weighted by Gasteiger charge is -2.44. The van der Waals surface area contributed by atoms with Crippen molar-refractivity contribution in [3.63, 3.8) is 0 Å². The third-order valence-electron chi connectivity index (χ3n) is 4.71. The summed E-state index contributed by atoms with van der Waals surface area (Å²) in [6, 6.07) is 0.0671. The van der Waals surface area contributed by atoms with Gasteiger partial charge in [0.25, 0.3) is 0 Å². The van der Waals surface area contributed by atoms with Gasteiger partial charge in [0, 0.05) is 6.04 Å². The van der Waals surface area contributed by atoms with Crippen LogP contribution in [0, 0.1) is 11.3 Å². The summed E-state index contributed by atoms with van der Waals surface area (Å²) in [5.41, 5.74) is 0.0570. The third-order valence-corrected chi connectivity index (χ3v) is 7.65. The van der Waals surface area contributed by atoms with Crippen LogP contribution >= 0.6 is 0 Å². The lowest BCUT2D eigenvalue weighted by Crippen LogP contribution is -2.56. The molecule has 0 heterocycles. The summed E-state index contributed by atoms with van der Waals surface area (Å²) >= 11 is 0. The Labute approximate surface area is 113 Å². The monoisotopic (exact) mass is 275 g/mol. The smallest absolute Gasteiger partial charge is 0.157 e. The average molecular weight is 275 g/mol. The van der Waals surface area contributed by atoms with E-state index >= 15 is 0 Å². The molecule has 0 saturated heterocycles. The molecule has 3 nitrogen and oxygen atoms in total. The van der Waals surface area contributed by atoms with E-state index in [9.17, 15) is 8.42 Å². The van der Waals surface area contributed by atoms with Gasteiger partial charge in [-0.05, 0) is 38.1 Å². The van der Waals surface area contributed by atoms with Gasteiger partial charge in [0.15, 0.2) is 9.84 Å². The second-order valence-electron chi connectivity index (χ2n) is 6.72. The Morgan fingerprint density at radius 3 is 2.22 bits per heavy atom. The van der Waals surface area contributed by atoms with Crippen LogP contribution in [0.5, 0.6) is 0 Å². The predicted octanol–water partition coefficient (Wildman–Crippen LogP) is 2.61. The molecule has 0 amide bonds. The quantitative estimate of drug-likeness (QED) is 0.858. The highest BCUT2D eigenvalue weighted by Crippen LogP contribution is 2.39. The normalized spacial score (nSPS) is 30.4. The Bertz CT molecular complexity index is 373. The standard InChI is InChI=1S/C14H29NO2S/c1-10(2)11(3)18(16,17)12-8-7-9-14(4,5)13(12)15-6/h10-13,15H,7-9H2,1-6H3. The van der Waals surface area contributed by atoms with E-state index in [-0.39, 0.29) is 27.9 Å². The molecule has 1 rings (SSSR count). The maximum atomic E-state index is 12.7. The molecule has 3 unspecified atom stereocenters. The first-order valence-corrected chi connectivity index (χ1v) is 8.65. The van der Waals surface area contributed by atoms with Crippen molar-refractivity contribution in [2.75, 3.05) is 7.05 Å². The predicted molar refractivity (Wildman–Crippen MR) is 77.5 cm³/mol. The van der Waals surface area contributed by atoms with E-state index in [4.69, 9.17) is 0 Å². The molecule has 0 bridgehead atoms. The van der Waals surface area contributed by atoms with Crippen molar-refractivity contribution < 1.29 is 8.42 Å². The molecule has 0 aromatic heterocycles. The highest BCUT2D eigenvalue weighted by Gasteiger charge is 2.46. The van der Waals surface area contributed by atoms with Crippen molar-refractivity contribution in [3.05, 3.63) is 0 Å². The lowest BCUT2D eigenvalue weighted by atomic mass is 9.73. The van der Waals surface area contributed by atoms with Crippen LogP contribution in [-0.2, 0) is 9.84 Å². The van der Waals surface area contributed by atoms with E-state index in [1.54, 1.807) is 0 Å². The fourth-order valence-corrected chi connectivity index (χ4v) is 5.86. The first kappa shape index (κ1) is 16.0. The number of hydrogen-bond acceptors (Lipinski definition) is 3. The minimum atomic E-state index is -3.06. The molecular weight excluding hydrogens is 246 g/mol. The highest BCUT2D eigenvalue weighted by atomic mass is 32.2. The summed E-state index contributed by atoms with van der Waals surface area (Å²) in [5.74, 6) is 0.178. The zero-order valence-electron chi connectivity index (χ0n) is 12.7. The first-order chi connectivity index (χ1) is 8.14. The van der Waals surface area contributed by atoms with Crippen LogP contribution in [0.4, 0.5) is 0 Å². The summed E-state index contributed by atoms with van der Waals surface area (Å²) in [6.07, 6.45) is 2.91. The van der Waals surface area contributed by atoms with Gasteiger partial charge in [0.2, 0.25) is 0 Å². The summed E-state index contributed by atoms with van der Waals surface area (Å²) in [5, 5.41) is 2.78. The van der Waals surface area contributed by atoms with Crippen LogP contribution in [0.2, 0.25) is 0 Å². The van der Waals surface area contributed by atoms with Gasteiger partial charge in [-0.3, -0.25) is 0 Å². The number of nitrogens with one attached hydrogen (secondary N) is 1. The van der Waals surface area contributed by atoms with Crippen LogP contribution in [0.3, 0.4) is 0 Å². The Balaban J connectivity index is 3.07. The largest absolute Gasteiger partial charge is 0.315 e. The molecule has 1 saturated carbocycles. The molecule has 1 aliphatic carbocycles. The molecule has 1 N–H and O–H groups in total. The second-order valence-corrected chi connectivity index (χ2v) is 9.25. The van der Waals surface area contributed by atoms with Gasteiger partial charge in [-0.1, -0.05) is 34.1 Å². The third kappa shape index (κ3) is 2.90. The number of hydrogen-bond donors (Lipinski definition) is 1. The zero-order valence-corrected chi connectivity index (χ0v) is 13.5. The molecule has 1 aliphatic rings. The number of sulfone groups is 1. The van der Waals surface area contributed by atoms with Gasteiger partial charge in [0.05, 0.1) is 10.5 Å². The molecule has 0 radical (unpaired) electrons. The molecule has 0 aromatic carbocycles. The van der Waals surface area contributed by atoms with E-state index in [0.717, 1.165) is 19.3 Å². The fraction of sp³-hybridized carbons (Fsp3) is 1.00. The molecule has 4 heteroatoms. The van der Waals surface area contributed by atoms with Crippen LogP contribution < -0.4 is 5.32 Å². The molecule has 0 aromatic rings. The molecular formula is C14H29NO2S. The molecule has 108 valence electrons. The minimum absolute atomic E-state index is 0.0570. The Hall–Kier alpha value is -0.0900. The minimum Gasteiger partial charge on any atom is -0.315 e. The topological polar surface area (TPSA) is 46.2 Å². The summed E-state index contributed by atoms with van der Waals surface area (Å²) in [6.45, 7) is 10.2. The van der Waals surface area contributed by atoms with Gasteiger partial charge in [-0.15, -0.1) is 0 Å². The van der Waals surface area contributed by atoms with E-state index in [1.807, 2.05) is 27.8 Å². The van der Waals surface area contributed by atoms with E-state index in [1.165, 1.54) is 0 Å².